The number of halogens is 1. The fourth-order valence-corrected chi connectivity index (χ4v) is 3.35. The summed E-state index contributed by atoms with van der Waals surface area (Å²) in [5.41, 5.74) is 1.39. The molecule has 3 rings (SSSR count). The Labute approximate surface area is 170 Å². The maximum atomic E-state index is 13.8. The minimum atomic E-state index is -0.440. The summed E-state index contributed by atoms with van der Waals surface area (Å²) in [7, 11) is 3.13. The highest BCUT2D eigenvalue weighted by Crippen LogP contribution is 2.18. The molecule has 0 bridgehead atoms. The number of nitrogens with zero attached hydrogens (tertiary/aromatic N) is 3. The molecule has 2 amide bonds. The van der Waals surface area contributed by atoms with Gasteiger partial charge in [-0.15, -0.1) is 0 Å². The van der Waals surface area contributed by atoms with Crippen LogP contribution in [0.25, 0.3) is 0 Å². The number of benzene rings is 2. The minimum absolute atomic E-state index is 0.0234. The third-order valence-electron chi connectivity index (χ3n) is 5.10. The van der Waals surface area contributed by atoms with E-state index in [0.29, 0.717) is 43.9 Å². The summed E-state index contributed by atoms with van der Waals surface area (Å²) < 4.78 is 18.7. The van der Waals surface area contributed by atoms with Gasteiger partial charge >= 0.3 is 0 Å². The maximum Gasteiger partial charge on any atom is 0.253 e. The number of amides is 2. The molecule has 0 saturated carbocycles. The van der Waals surface area contributed by atoms with Crippen LogP contribution in [0.4, 0.5) is 4.39 Å². The van der Waals surface area contributed by atoms with E-state index < -0.39 is 5.82 Å². The van der Waals surface area contributed by atoms with E-state index in [4.69, 9.17) is 4.74 Å². The molecule has 1 aliphatic rings. The average Bonchev–Trinajstić information content (AvgIpc) is 2.74. The Kier molecular flexibility index (Phi) is 6.82. The van der Waals surface area contributed by atoms with Crippen LogP contribution in [0.1, 0.15) is 15.9 Å². The molecule has 0 aliphatic carbocycles. The normalized spacial score (nSPS) is 14.5. The predicted molar refractivity (Wildman–Crippen MR) is 108 cm³/mol. The molecule has 1 saturated heterocycles. The van der Waals surface area contributed by atoms with Crippen molar-refractivity contribution >= 4 is 11.8 Å². The third-order valence-corrected chi connectivity index (χ3v) is 5.10. The zero-order valence-corrected chi connectivity index (χ0v) is 16.8. The first kappa shape index (κ1) is 20.8. The molecular formula is C22H26FN3O3. The Morgan fingerprint density at radius 3 is 2.38 bits per heavy atom. The van der Waals surface area contributed by atoms with Crippen molar-refractivity contribution in [1.29, 1.82) is 0 Å². The summed E-state index contributed by atoms with van der Waals surface area (Å²) in [6, 6.07) is 13.9. The number of piperazine rings is 1. The summed E-state index contributed by atoms with van der Waals surface area (Å²) in [5.74, 6) is -0.269. The fourth-order valence-electron chi connectivity index (χ4n) is 3.35. The summed E-state index contributed by atoms with van der Waals surface area (Å²) >= 11 is 0. The fraction of sp³-hybridized carbons (Fsp3) is 0.364. The number of carbonyl (C=O) groups excluding carboxylic acids is 2. The van der Waals surface area contributed by atoms with Crippen LogP contribution in [0, 0.1) is 5.82 Å². The molecule has 154 valence electrons. The Balaban J connectivity index is 1.48. The van der Waals surface area contributed by atoms with E-state index in [0.717, 1.165) is 0 Å². The van der Waals surface area contributed by atoms with Crippen LogP contribution < -0.4 is 4.74 Å². The van der Waals surface area contributed by atoms with E-state index in [9.17, 15) is 14.0 Å². The van der Waals surface area contributed by atoms with Crippen LogP contribution in [0.3, 0.4) is 0 Å². The van der Waals surface area contributed by atoms with Gasteiger partial charge in [-0.05, 0) is 29.8 Å². The van der Waals surface area contributed by atoms with Gasteiger partial charge in [-0.1, -0.05) is 24.3 Å². The van der Waals surface area contributed by atoms with Crippen LogP contribution in [0.15, 0.2) is 48.5 Å². The van der Waals surface area contributed by atoms with Gasteiger partial charge in [0.25, 0.3) is 5.91 Å². The van der Waals surface area contributed by atoms with Crippen molar-refractivity contribution in [2.45, 2.75) is 6.54 Å². The van der Waals surface area contributed by atoms with Gasteiger partial charge in [0.05, 0.1) is 13.7 Å². The number of likely N-dealkylation sites (N-methyl/N-ethyl adjacent to an activating group) is 1. The van der Waals surface area contributed by atoms with E-state index in [1.165, 1.54) is 13.2 Å². The molecule has 6 nitrogen and oxygen atoms in total. The van der Waals surface area contributed by atoms with Gasteiger partial charge in [0, 0.05) is 45.3 Å². The molecule has 0 N–H and O–H groups in total. The van der Waals surface area contributed by atoms with Crippen molar-refractivity contribution in [3.8, 4) is 5.75 Å². The number of hydrogen-bond donors (Lipinski definition) is 0. The second-order valence-corrected chi connectivity index (χ2v) is 7.15. The van der Waals surface area contributed by atoms with E-state index in [-0.39, 0.29) is 24.1 Å². The number of hydrogen-bond acceptors (Lipinski definition) is 4. The summed E-state index contributed by atoms with van der Waals surface area (Å²) in [5, 5.41) is 0. The van der Waals surface area contributed by atoms with E-state index in [1.54, 1.807) is 24.1 Å². The van der Waals surface area contributed by atoms with Crippen molar-refractivity contribution < 1.29 is 18.7 Å². The molecule has 0 radical (unpaired) electrons. The first-order valence-corrected chi connectivity index (χ1v) is 9.61. The van der Waals surface area contributed by atoms with Crippen molar-refractivity contribution in [1.82, 2.24) is 14.7 Å². The standard InChI is InChI=1S/C22H26FN3O3/c1-24(15-17-8-9-20(29-2)19(23)14-17)21(27)16-25-10-12-26(13-11-25)22(28)18-6-4-3-5-7-18/h3-9,14H,10-13,15-16H2,1-2H3. The molecule has 29 heavy (non-hydrogen) atoms. The lowest BCUT2D eigenvalue weighted by molar-refractivity contribution is -0.132. The molecule has 1 heterocycles. The largest absolute Gasteiger partial charge is 0.494 e. The Bertz CT molecular complexity index is 852. The number of rotatable bonds is 6. The van der Waals surface area contributed by atoms with E-state index >= 15 is 0 Å². The van der Waals surface area contributed by atoms with Crippen LogP contribution in [0.5, 0.6) is 5.75 Å². The van der Waals surface area contributed by atoms with Crippen LogP contribution >= 0.6 is 0 Å². The monoisotopic (exact) mass is 399 g/mol. The topological polar surface area (TPSA) is 53.1 Å². The van der Waals surface area contributed by atoms with Gasteiger partial charge in [-0.3, -0.25) is 14.5 Å². The lowest BCUT2D eigenvalue weighted by Gasteiger charge is -2.35. The van der Waals surface area contributed by atoms with E-state index in [1.807, 2.05) is 40.1 Å². The summed E-state index contributed by atoms with van der Waals surface area (Å²) in [6.45, 7) is 3.09. The smallest absolute Gasteiger partial charge is 0.253 e. The van der Waals surface area contributed by atoms with Crippen LogP contribution in [-0.4, -0.2) is 73.4 Å². The minimum Gasteiger partial charge on any atom is -0.494 e. The highest BCUT2D eigenvalue weighted by atomic mass is 19.1. The second-order valence-electron chi connectivity index (χ2n) is 7.15. The van der Waals surface area contributed by atoms with Gasteiger partial charge in [-0.2, -0.15) is 0 Å². The Morgan fingerprint density at radius 1 is 1.07 bits per heavy atom. The SMILES string of the molecule is COc1ccc(CN(C)C(=O)CN2CCN(C(=O)c3ccccc3)CC2)cc1F. The molecule has 1 aliphatic heterocycles. The van der Waals surface area contributed by atoms with Crippen molar-refractivity contribution in [2.75, 3.05) is 46.9 Å². The molecule has 1 fully saturated rings. The first-order valence-electron chi connectivity index (χ1n) is 9.61. The first-order chi connectivity index (χ1) is 14.0. The van der Waals surface area contributed by atoms with E-state index in [2.05, 4.69) is 0 Å². The molecule has 0 spiro atoms. The lowest BCUT2D eigenvalue weighted by atomic mass is 10.2. The summed E-state index contributed by atoms with van der Waals surface area (Å²) in [6.07, 6.45) is 0. The Hall–Kier alpha value is -2.93. The number of carbonyl (C=O) groups is 2. The van der Waals surface area contributed by atoms with Gasteiger partial charge in [0.2, 0.25) is 5.91 Å². The predicted octanol–water partition coefficient (Wildman–Crippen LogP) is 2.25. The zero-order valence-electron chi connectivity index (χ0n) is 16.8. The van der Waals surface area contributed by atoms with Crippen molar-refractivity contribution in [3.05, 3.63) is 65.5 Å². The van der Waals surface area contributed by atoms with Crippen molar-refractivity contribution in [3.63, 3.8) is 0 Å². The quantitative estimate of drug-likeness (QED) is 0.748. The average molecular weight is 399 g/mol. The third kappa shape index (κ3) is 5.32. The molecule has 2 aromatic carbocycles. The van der Waals surface area contributed by atoms with Gasteiger partial charge in [0.1, 0.15) is 0 Å². The molecule has 2 aromatic rings. The number of ether oxygens (including phenoxy) is 1. The second kappa shape index (κ2) is 9.52. The lowest BCUT2D eigenvalue weighted by Crippen LogP contribution is -2.51. The molecular weight excluding hydrogens is 373 g/mol. The molecule has 0 unspecified atom stereocenters. The summed E-state index contributed by atoms with van der Waals surface area (Å²) in [4.78, 5) is 30.5. The highest BCUT2D eigenvalue weighted by molar-refractivity contribution is 5.94. The van der Waals surface area contributed by atoms with Gasteiger partial charge in [-0.25, -0.2) is 4.39 Å². The number of methoxy groups -OCH3 is 1. The zero-order chi connectivity index (χ0) is 20.8. The highest BCUT2D eigenvalue weighted by Gasteiger charge is 2.24. The maximum absolute atomic E-state index is 13.8. The molecule has 0 atom stereocenters. The molecule has 7 heteroatoms. The van der Waals surface area contributed by atoms with Crippen LogP contribution in [-0.2, 0) is 11.3 Å². The van der Waals surface area contributed by atoms with Crippen LogP contribution in [0.2, 0.25) is 0 Å². The van der Waals surface area contributed by atoms with Crippen molar-refractivity contribution in [2.24, 2.45) is 0 Å². The van der Waals surface area contributed by atoms with Gasteiger partial charge in [0.15, 0.2) is 11.6 Å². The van der Waals surface area contributed by atoms with Gasteiger partial charge < -0.3 is 14.5 Å². The molecule has 0 aromatic heterocycles. The Morgan fingerprint density at radius 2 is 1.76 bits per heavy atom.